The fourth-order valence-electron chi connectivity index (χ4n) is 3.02. The summed E-state index contributed by atoms with van der Waals surface area (Å²) in [6.45, 7) is 1.52. The molecule has 114 valence electrons. The third kappa shape index (κ3) is 2.61. The Morgan fingerprint density at radius 3 is 2.68 bits per heavy atom. The van der Waals surface area contributed by atoms with E-state index < -0.39 is 0 Å². The normalized spacial score (nSPS) is 19.4. The summed E-state index contributed by atoms with van der Waals surface area (Å²) in [5.41, 5.74) is 0.664. The quantitative estimate of drug-likeness (QED) is 0.941. The first-order valence-electron chi connectivity index (χ1n) is 7.93. The number of nitrogens with one attached hydrogen (secondary N) is 1. The second kappa shape index (κ2) is 5.51. The molecule has 1 aliphatic carbocycles. The van der Waals surface area contributed by atoms with E-state index >= 15 is 0 Å². The Morgan fingerprint density at radius 2 is 2.00 bits per heavy atom. The van der Waals surface area contributed by atoms with Crippen molar-refractivity contribution < 1.29 is 4.79 Å². The minimum atomic E-state index is 0.0720. The molecular weight excluding hydrogens is 278 g/mol. The van der Waals surface area contributed by atoms with Crippen LogP contribution in [0.15, 0.2) is 24.5 Å². The standard InChI is InChI=1S/C16H19N5O/c22-16(13-2-1-7-17-10-13)21-8-5-12(6-9-21)15-18-14(19-20-15)11-3-4-11/h1-2,7,10-12H,3-6,8-9H2,(H,18,19,20). The number of hydrogen-bond acceptors (Lipinski definition) is 4. The highest BCUT2D eigenvalue weighted by Gasteiger charge is 2.30. The van der Waals surface area contributed by atoms with Crippen molar-refractivity contribution in [1.82, 2.24) is 25.1 Å². The Balaban J connectivity index is 1.38. The summed E-state index contributed by atoms with van der Waals surface area (Å²) >= 11 is 0. The molecule has 0 bridgehead atoms. The Kier molecular flexibility index (Phi) is 3.36. The number of piperidine rings is 1. The minimum absolute atomic E-state index is 0.0720. The van der Waals surface area contributed by atoms with Gasteiger partial charge in [0.2, 0.25) is 0 Å². The number of likely N-dealkylation sites (tertiary alicyclic amines) is 1. The van der Waals surface area contributed by atoms with Crippen molar-refractivity contribution in [2.24, 2.45) is 0 Å². The third-order valence-electron chi connectivity index (χ3n) is 4.54. The van der Waals surface area contributed by atoms with E-state index in [2.05, 4.69) is 20.2 Å². The maximum Gasteiger partial charge on any atom is 0.255 e. The lowest BCUT2D eigenvalue weighted by Gasteiger charge is -2.31. The lowest BCUT2D eigenvalue weighted by Crippen LogP contribution is -2.38. The van der Waals surface area contributed by atoms with E-state index in [4.69, 9.17) is 0 Å². The Bertz CT molecular complexity index is 656. The number of aromatic amines is 1. The van der Waals surface area contributed by atoms with Gasteiger partial charge in [0, 0.05) is 37.3 Å². The monoisotopic (exact) mass is 297 g/mol. The predicted molar refractivity (Wildman–Crippen MR) is 80.5 cm³/mol. The number of nitrogens with zero attached hydrogens (tertiary/aromatic N) is 4. The van der Waals surface area contributed by atoms with E-state index in [-0.39, 0.29) is 5.91 Å². The van der Waals surface area contributed by atoms with Gasteiger partial charge in [0.25, 0.3) is 5.91 Å². The molecule has 4 rings (SSSR count). The first-order chi connectivity index (χ1) is 10.8. The van der Waals surface area contributed by atoms with E-state index in [0.717, 1.165) is 37.6 Å². The van der Waals surface area contributed by atoms with Crippen LogP contribution in [0.3, 0.4) is 0 Å². The van der Waals surface area contributed by atoms with Crippen molar-refractivity contribution in [3.63, 3.8) is 0 Å². The summed E-state index contributed by atoms with van der Waals surface area (Å²) < 4.78 is 0. The number of rotatable bonds is 3. The molecule has 2 fully saturated rings. The first kappa shape index (κ1) is 13.4. The molecule has 6 heteroatoms. The van der Waals surface area contributed by atoms with Crippen molar-refractivity contribution >= 4 is 5.91 Å². The number of pyridine rings is 1. The average Bonchev–Trinajstić information content (AvgIpc) is 3.32. The van der Waals surface area contributed by atoms with Crippen LogP contribution in [0.1, 0.15) is 59.5 Å². The van der Waals surface area contributed by atoms with Gasteiger partial charge in [-0.05, 0) is 37.8 Å². The topological polar surface area (TPSA) is 74.8 Å². The third-order valence-corrected chi connectivity index (χ3v) is 4.54. The smallest absolute Gasteiger partial charge is 0.255 e. The number of carbonyl (C=O) groups excluding carboxylic acids is 1. The largest absolute Gasteiger partial charge is 0.339 e. The zero-order valence-electron chi connectivity index (χ0n) is 12.4. The summed E-state index contributed by atoms with van der Waals surface area (Å²) in [4.78, 5) is 23.0. The molecule has 0 radical (unpaired) electrons. The average molecular weight is 297 g/mol. The molecule has 0 aromatic carbocycles. The van der Waals surface area contributed by atoms with E-state index in [1.165, 1.54) is 12.8 Å². The summed E-state index contributed by atoms with van der Waals surface area (Å²) in [6, 6.07) is 3.62. The van der Waals surface area contributed by atoms with Gasteiger partial charge >= 0.3 is 0 Å². The van der Waals surface area contributed by atoms with Crippen molar-refractivity contribution in [3.8, 4) is 0 Å². The van der Waals surface area contributed by atoms with Gasteiger partial charge in [-0.15, -0.1) is 0 Å². The van der Waals surface area contributed by atoms with Gasteiger partial charge < -0.3 is 4.90 Å². The SMILES string of the molecule is O=C(c1cccnc1)N1CCC(c2nc(C3CC3)n[nH]2)CC1. The van der Waals surface area contributed by atoms with Crippen molar-refractivity contribution in [3.05, 3.63) is 41.7 Å². The highest BCUT2D eigenvalue weighted by atomic mass is 16.2. The second-order valence-electron chi connectivity index (χ2n) is 6.16. The molecule has 2 aromatic rings. The van der Waals surface area contributed by atoms with Crippen LogP contribution >= 0.6 is 0 Å². The van der Waals surface area contributed by atoms with Gasteiger partial charge in [-0.2, -0.15) is 5.10 Å². The predicted octanol–water partition coefficient (Wildman–Crippen LogP) is 2.10. The van der Waals surface area contributed by atoms with Crippen LogP contribution in [0, 0.1) is 0 Å². The van der Waals surface area contributed by atoms with Crippen LogP contribution in [-0.4, -0.2) is 44.1 Å². The molecule has 2 aliphatic rings. The van der Waals surface area contributed by atoms with Crippen molar-refractivity contribution in [1.29, 1.82) is 0 Å². The van der Waals surface area contributed by atoms with Gasteiger partial charge in [-0.1, -0.05) is 0 Å². The van der Waals surface area contributed by atoms with Crippen LogP contribution < -0.4 is 0 Å². The molecule has 22 heavy (non-hydrogen) atoms. The van der Waals surface area contributed by atoms with Crippen LogP contribution in [-0.2, 0) is 0 Å². The Labute approximate surface area is 129 Å². The van der Waals surface area contributed by atoms with Gasteiger partial charge in [-0.25, -0.2) is 4.98 Å². The lowest BCUT2D eigenvalue weighted by molar-refractivity contribution is 0.0710. The number of hydrogen-bond donors (Lipinski definition) is 1. The second-order valence-corrected chi connectivity index (χ2v) is 6.16. The zero-order chi connectivity index (χ0) is 14.9. The van der Waals surface area contributed by atoms with E-state index in [9.17, 15) is 4.79 Å². The number of amides is 1. The molecule has 1 N–H and O–H groups in total. The summed E-state index contributed by atoms with van der Waals surface area (Å²) in [5.74, 6) is 3.01. The highest BCUT2D eigenvalue weighted by Crippen LogP contribution is 2.38. The van der Waals surface area contributed by atoms with Gasteiger partial charge in [0.05, 0.1) is 5.56 Å². The fourth-order valence-corrected chi connectivity index (χ4v) is 3.02. The van der Waals surface area contributed by atoms with Crippen molar-refractivity contribution in [2.45, 2.75) is 37.5 Å². The molecule has 0 atom stereocenters. The molecule has 2 aromatic heterocycles. The minimum Gasteiger partial charge on any atom is -0.339 e. The lowest BCUT2D eigenvalue weighted by atomic mass is 9.96. The van der Waals surface area contributed by atoms with Gasteiger partial charge in [-0.3, -0.25) is 14.9 Å². The highest BCUT2D eigenvalue weighted by molar-refractivity contribution is 5.93. The molecular formula is C16H19N5O. The molecule has 0 unspecified atom stereocenters. The maximum absolute atomic E-state index is 12.4. The molecule has 1 saturated heterocycles. The molecule has 6 nitrogen and oxygen atoms in total. The van der Waals surface area contributed by atoms with Gasteiger partial charge in [0.1, 0.15) is 5.82 Å². The molecule has 0 spiro atoms. The summed E-state index contributed by atoms with van der Waals surface area (Å²) in [7, 11) is 0. The Hall–Kier alpha value is -2.24. The van der Waals surface area contributed by atoms with E-state index in [1.807, 2.05) is 11.0 Å². The van der Waals surface area contributed by atoms with Crippen LogP contribution in [0.4, 0.5) is 0 Å². The summed E-state index contributed by atoms with van der Waals surface area (Å²) in [5, 5.41) is 7.43. The van der Waals surface area contributed by atoms with Crippen LogP contribution in [0.25, 0.3) is 0 Å². The molecule has 1 saturated carbocycles. The van der Waals surface area contributed by atoms with Crippen LogP contribution in [0.2, 0.25) is 0 Å². The molecule has 3 heterocycles. The van der Waals surface area contributed by atoms with E-state index in [0.29, 0.717) is 17.4 Å². The fraction of sp³-hybridized carbons (Fsp3) is 0.500. The zero-order valence-corrected chi connectivity index (χ0v) is 12.4. The Morgan fingerprint density at radius 1 is 1.18 bits per heavy atom. The number of carbonyl (C=O) groups is 1. The maximum atomic E-state index is 12.4. The number of aromatic nitrogens is 4. The van der Waals surface area contributed by atoms with E-state index in [1.54, 1.807) is 18.5 Å². The molecule has 1 aliphatic heterocycles. The van der Waals surface area contributed by atoms with Crippen molar-refractivity contribution in [2.75, 3.05) is 13.1 Å². The summed E-state index contributed by atoms with van der Waals surface area (Å²) in [6.07, 6.45) is 7.62. The first-order valence-corrected chi connectivity index (χ1v) is 7.93. The van der Waals surface area contributed by atoms with Crippen LogP contribution in [0.5, 0.6) is 0 Å². The number of H-pyrrole nitrogens is 1. The molecule has 1 amide bonds. The van der Waals surface area contributed by atoms with Gasteiger partial charge in [0.15, 0.2) is 5.82 Å².